The maximum Gasteiger partial charge on any atom is 0.269 e. The van der Waals surface area contributed by atoms with Crippen LogP contribution in [0.3, 0.4) is 0 Å². The van der Waals surface area contributed by atoms with E-state index in [4.69, 9.17) is 10.8 Å². The first-order valence-electron chi connectivity index (χ1n) is 12.2. The van der Waals surface area contributed by atoms with Crippen LogP contribution >= 0.6 is 0 Å². The fourth-order valence-corrected chi connectivity index (χ4v) is 7.41. The van der Waals surface area contributed by atoms with Crippen molar-refractivity contribution in [3.05, 3.63) is 17.5 Å². The van der Waals surface area contributed by atoms with Crippen LogP contribution in [0.2, 0.25) is 0 Å². The monoisotopic (exact) mass is 413 g/mol. The van der Waals surface area contributed by atoms with Crippen LogP contribution in [0.15, 0.2) is 6.07 Å². The number of nitrogens with zero attached hydrogens (tertiary/aromatic N) is 3. The van der Waals surface area contributed by atoms with E-state index in [1.54, 1.807) is 0 Å². The Morgan fingerprint density at radius 3 is 2.50 bits per heavy atom. The fraction of sp³-hybridized carbons (Fsp3) is 0.833. The summed E-state index contributed by atoms with van der Waals surface area (Å²) >= 11 is 0. The van der Waals surface area contributed by atoms with Gasteiger partial charge < -0.3 is 11.1 Å². The van der Waals surface area contributed by atoms with Gasteiger partial charge in [0, 0.05) is 31.7 Å². The van der Waals surface area contributed by atoms with Gasteiger partial charge in [0.25, 0.3) is 5.91 Å². The van der Waals surface area contributed by atoms with Gasteiger partial charge in [0.2, 0.25) is 0 Å². The van der Waals surface area contributed by atoms with Crippen LogP contribution in [0, 0.1) is 23.2 Å². The lowest BCUT2D eigenvalue weighted by Gasteiger charge is -2.56. The van der Waals surface area contributed by atoms with E-state index in [9.17, 15) is 4.79 Å². The van der Waals surface area contributed by atoms with Crippen LogP contribution < -0.4 is 11.1 Å². The predicted octanol–water partition coefficient (Wildman–Crippen LogP) is 3.33. The van der Waals surface area contributed by atoms with E-state index in [-0.39, 0.29) is 18.0 Å². The standard InChI is InChI=1S/C24H39N5O/c1-16(2)29-22(9-21(27-29)14-28-5-3-4-20(25)13-28)23(30)26-15-24-10-17-6-18(11-24)8-19(7-17)12-24/h9,16-20H,3-8,10-15,25H2,1-2H3,(H,26,30). The van der Waals surface area contributed by atoms with E-state index in [1.807, 2.05) is 10.7 Å². The topological polar surface area (TPSA) is 76.2 Å². The number of amides is 1. The molecule has 3 N–H and O–H groups in total. The molecular weight excluding hydrogens is 374 g/mol. The minimum absolute atomic E-state index is 0.0496. The molecule has 1 saturated heterocycles. The average molecular weight is 414 g/mol. The van der Waals surface area contributed by atoms with Gasteiger partial charge >= 0.3 is 0 Å². The smallest absolute Gasteiger partial charge is 0.269 e. The van der Waals surface area contributed by atoms with E-state index >= 15 is 0 Å². The van der Waals surface area contributed by atoms with Crippen LogP contribution in [-0.2, 0) is 6.54 Å². The van der Waals surface area contributed by atoms with Gasteiger partial charge in [0.05, 0.1) is 5.69 Å². The van der Waals surface area contributed by atoms with E-state index in [2.05, 4.69) is 24.1 Å². The van der Waals surface area contributed by atoms with E-state index < -0.39 is 0 Å². The number of carbonyl (C=O) groups excluding carboxylic acids is 1. The van der Waals surface area contributed by atoms with Crippen molar-refractivity contribution in [3.8, 4) is 0 Å². The predicted molar refractivity (Wildman–Crippen MR) is 118 cm³/mol. The van der Waals surface area contributed by atoms with Crippen LogP contribution in [0.4, 0.5) is 0 Å². The summed E-state index contributed by atoms with van der Waals surface area (Å²) in [5, 5.41) is 8.14. The highest BCUT2D eigenvalue weighted by atomic mass is 16.2. The molecule has 166 valence electrons. The Morgan fingerprint density at radius 1 is 1.23 bits per heavy atom. The second-order valence-corrected chi connectivity index (χ2v) is 11.3. The minimum Gasteiger partial charge on any atom is -0.350 e. The van der Waals surface area contributed by atoms with Crippen LogP contribution in [0.1, 0.15) is 87.4 Å². The van der Waals surface area contributed by atoms with Gasteiger partial charge in [0.15, 0.2) is 0 Å². The van der Waals surface area contributed by atoms with Crippen molar-refractivity contribution < 1.29 is 4.79 Å². The average Bonchev–Trinajstić information content (AvgIpc) is 3.09. The van der Waals surface area contributed by atoms with Gasteiger partial charge in [-0.25, -0.2) is 0 Å². The van der Waals surface area contributed by atoms with Crippen LogP contribution in [-0.4, -0.2) is 46.3 Å². The maximum atomic E-state index is 13.2. The molecule has 1 aromatic rings. The number of hydrogen-bond donors (Lipinski definition) is 2. The molecular formula is C24H39N5O. The summed E-state index contributed by atoms with van der Waals surface area (Å²) in [7, 11) is 0. The normalized spacial score (nSPS) is 35.9. The Morgan fingerprint density at radius 2 is 1.90 bits per heavy atom. The molecule has 4 saturated carbocycles. The Labute approximate surface area is 180 Å². The van der Waals surface area contributed by atoms with Crippen molar-refractivity contribution in [2.75, 3.05) is 19.6 Å². The quantitative estimate of drug-likeness (QED) is 0.750. The van der Waals surface area contributed by atoms with Gasteiger partial charge in [-0.2, -0.15) is 5.10 Å². The lowest BCUT2D eigenvalue weighted by atomic mass is 9.49. The maximum absolute atomic E-state index is 13.2. The molecule has 2 heterocycles. The summed E-state index contributed by atoms with van der Waals surface area (Å²) in [6, 6.07) is 2.44. The molecule has 1 amide bonds. The molecule has 4 bridgehead atoms. The largest absolute Gasteiger partial charge is 0.350 e. The number of aromatic nitrogens is 2. The molecule has 1 aliphatic heterocycles. The second-order valence-electron chi connectivity index (χ2n) is 11.3. The molecule has 1 unspecified atom stereocenters. The van der Waals surface area contributed by atoms with Crippen LogP contribution in [0.25, 0.3) is 0 Å². The Hall–Kier alpha value is -1.40. The van der Waals surface area contributed by atoms with Gasteiger partial charge in [-0.15, -0.1) is 0 Å². The van der Waals surface area contributed by atoms with E-state index in [0.717, 1.165) is 62.5 Å². The van der Waals surface area contributed by atoms with Crippen molar-refractivity contribution >= 4 is 5.91 Å². The number of hydrogen-bond acceptors (Lipinski definition) is 4. The number of nitrogens with one attached hydrogen (secondary N) is 1. The highest BCUT2D eigenvalue weighted by Crippen LogP contribution is 2.59. The molecule has 1 aromatic heterocycles. The zero-order valence-corrected chi connectivity index (χ0v) is 18.8. The Balaban J connectivity index is 1.26. The lowest BCUT2D eigenvalue weighted by Crippen LogP contribution is -2.51. The summed E-state index contributed by atoms with van der Waals surface area (Å²) < 4.78 is 1.91. The Kier molecular flexibility index (Phi) is 5.42. The molecule has 6 rings (SSSR count). The highest BCUT2D eigenvalue weighted by Gasteiger charge is 2.50. The molecule has 4 aliphatic carbocycles. The molecule has 30 heavy (non-hydrogen) atoms. The zero-order valence-electron chi connectivity index (χ0n) is 18.8. The van der Waals surface area contributed by atoms with Crippen molar-refractivity contribution in [2.45, 2.75) is 83.8 Å². The summed E-state index contributed by atoms with van der Waals surface area (Å²) in [5.74, 6) is 2.79. The third-order valence-corrected chi connectivity index (χ3v) is 8.22. The summed E-state index contributed by atoms with van der Waals surface area (Å²) in [5.41, 5.74) is 8.20. The summed E-state index contributed by atoms with van der Waals surface area (Å²) in [4.78, 5) is 15.6. The molecule has 0 radical (unpaired) electrons. The molecule has 0 aromatic carbocycles. The molecule has 6 nitrogen and oxygen atoms in total. The molecule has 5 fully saturated rings. The highest BCUT2D eigenvalue weighted by molar-refractivity contribution is 5.92. The zero-order chi connectivity index (χ0) is 20.9. The summed E-state index contributed by atoms with van der Waals surface area (Å²) in [6.07, 6.45) is 10.5. The molecule has 1 atom stereocenters. The van der Waals surface area contributed by atoms with E-state index in [0.29, 0.717) is 11.1 Å². The third kappa shape index (κ3) is 4.05. The first-order valence-corrected chi connectivity index (χ1v) is 12.2. The number of likely N-dealkylation sites (tertiary alicyclic amines) is 1. The van der Waals surface area contributed by atoms with Gasteiger partial charge in [-0.3, -0.25) is 14.4 Å². The molecule has 6 heteroatoms. The summed E-state index contributed by atoms with van der Waals surface area (Å²) in [6.45, 7) is 7.81. The number of piperidine rings is 1. The van der Waals surface area contributed by atoms with Crippen molar-refractivity contribution in [3.63, 3.8) is 0 Å². The molecule has 5 aliphatic rings. The van der Waals surface area contributed by atoms with Crippen molar-refractivity contribution in [1.29, 1.82) is 0 Å². The van der Waals surface area contributed by atoms with Crippen molar-refractivity contribution in [2.24, 2.45) is 28.9 Å². The number of nitrogens with two attached hydrogens (primary N) is 1. The SMILES string of the molecule is CC(C)n1nc(CN2CCCC(N)C2)cc1C(=O)NCC12CC3CC(CC(C3)C1)C2. The third-order valence-electron chi connectivity index (χ3n) is 8.22. The van der Waals surface area contributed by atoms with E-state index in [1.165, 1.54) is 38.5 Å². The molecule has 0 spiro atoms. The minimum atomic E-state index is 0.0496. The van der Waals surface area contributed by atoms with Gasteiger partial charge in [0.1, 0.15) is 5.69 Å². The first-order chi connectivity index (χ1) is 14.4. The second kappa shape index (κ2) is 7.94. The van der Waals surface area contributed by atoms with Gasteiger partial charge in [-0.05, 0) is 101 Å². The lowest BCUT2D eigenvalue weighted by molar-refractivity contribution is -0.0503. The Bertz CT molecular complexity index is 749. The van der Waals surface area contributed by atoms with Gasteiger partial charge in [-0.1, -0.05) is 0 Å². The number of rotatable bonds is 6. The fourth-order valence-electron chi connectivity index (χ4n) is 7.41. The first kappa shape index (κ1) is 20.5. The van der Waals surface area contributed by atoms with Crippen LogP contribution in [0.5, 0.6) is 0 Å². The number of carbonyl (C=O) groups is 1. The van der Waals surface area contributed by atoms with Crippen molar-refractivity contribution in [1.82, 2.24) is 20.0 Å².